The molecule has 0 spiro atoms. The molecule has 104 valence electrons. The van der Waals surface area contributed by atoms with Crippen LogP contribution in [0.15, 0.2) is 23.1 Å². The van der Waals surface area contributed by atoms with E-state index < -0.39 is 15.6 Å². The van der Waals surface area contributed by atoms with Gasteiger partial charge < -0.3 is 11.1 Å². The van der Waals surface area contributed by atoms with Crippen LogP contribution in [0.25, 0.3) is 0 Å². The SMILES string of the molecule is Cc1ccc(NC(=O)C2(N)CCC2)cc1S(N)(=O)=O. The van der Waals surface area contributed by atoms with Gasteiger partial charge in [0.25, 0.3) is 0 Å². The molecule has 19 heavy (non-hydrogen) atoms. The van der Waals surface area contributed by atoms with Crippen LogP contribution in [0.2, 0.25) is 0 Å². The zero-order chi connectivity index (χ0) is 14.3. The van der Waals surface area contributed by atoms with Gasteiger partial charge in [-0.2, -0.15) is 0 Å². The van der Waals surface area contributed by atoms with Crippen LogP contribution < -0.4 is 16.2 Å². The molecule has 0 atom stereocenters. The van der Waals surface area contributed by atoms with Crippen molar-refractivity contribution in [3.8, 4) is 0 Å². The molecular formula is C12H17N3O3S. The first-order valence-electron chi connectivity index (χ1n) is 5.96. The van der Waals surface area contributed by atoms with E-state index in [1.165, 1.54) is 6.07 Å². The number of primary sulfonamides is 1. The van der Waals surface area contributed by atoms with E-state index >= 15 is 0 Å². The summed E-state index contributed by atoms with van der Waals surface area (Å²) in [6.45, 7) is 1.64. The summed E-state index contributed by atoms with van der Waals surface area (Å²) >= 11 is 0. The fourth-order valence-electron chi connectivity index (χ4n) is 2.02. The highest BCUT2D eigenvalue weighted by molar-refractivity contribution is 7.89. The third kappa shape index (κ3) is 2.78. The Kier molecular flexibility index (Phi) is 3.38. The number of carbonyl (C=O) groups excluding carboxylic acids is 1. The van der Waals surface area contributed by atoms with E-state index in [2.05, 4.69) is 5.32 Å². The standard InChI is InChI=1S/C12H17N3O3S/c1-8-3-4-9(7-10(8)19(14,17)18)15-11(16)12(13)5-2-6-12/h3-4,7H,2,5-6,13H2,1H3,(H,15,16)(H2,14,17,18). The highest BCUT2D eigenvalue weighted by Gasteiger charge is 2.40. The summed E-state index contributed by atoms with van der Waals surface area (Å²) < 4.78 is 22.8. The van der Waals surface area contributed by atoms with E-state index in [9.17, 15) is 13.2 Å². The van der Waals surface area contributed by atoms with E-state index in [0.717, 1.165) is 6.42 Å². The fourth-order valence-corrected chi connectivity index (χ4v) is 2.83. The lowest BCUT2D eigenvalue weighted by molar-refractivity contribution is -0.123. The second-order valence-electron chi connectivity index (χ2n) is 4.99. The van der Waals surface area contributed by atoms with Crippen molar-refractivity contribution in [2.24, 2.45) is 10.9 Å². The Balaban J connectivity index is 2.25. The topological polar surface area (TPSA) is 115 Å². The number of hydrogen-bond acceptors (Lipinski definition) is 4. The molecule has 0 saturated heterocycles. The summed E-state index contributed by atoms with van der Waals surface area (Å²) in [6.07, 6.45) is 2.22. The first-order chi connectivity index (χ1) is 8.72. The number of amides is 1. The van der Waals surface area contributed by atoms with E-state index in [-0.39, 0.29) is 10.8 Å². The van der Waals surface area contributed by atoms with Crippen LogP contribution in [0.5, 0.6) is 0 Å². The van der Waals surface area contributed by atoms with Gasteiger partial charge in [0.05, 0.1) is 10.4 Å². The zero-order valence-electron chi connectivity index (χ0n) is 10.6. The first kappa shape index (κ1) is 14.0. The molecule has 1 fully saturated rings. The molecule has 0 radical (unpaired) electrons. The Labute approximate surface area is 112 Å². The molecule has 0 heterocycles. The number of sulfonamides is 1. The molecular weight excluding hydrogens is 266 g/mol. The van der Waals surface area contributed by atoms with Gasteiger partial charge in [0.15, 0.2) is 0 Å². The Hall–Kier alpha value is -1.44. The third-order valence-electron chi connectivity index (χ3n) is 3.45. The average Bonchev–Trinajstić information content (AvgIpc) is 2.27. The van der Waals surface area contributed by atoms with E-state index in [4.69, 9.17) is 10.9 Å². The summed E-state index contributed by atoms with van der Waals surface area (Å²) in [6, 6.07) is 4.58. The first-order valence-corrected chi connectivity index (χ1v) is 7.51. The molecule has 0 aromatic heterocycles. The molecule has 1 aliphatic rings. The molecule has 1 aromatic rings. The summed E-state index contributed by atoms with van der Waals surface area (Å²) in [4.78, 5) is 12.0. The highest BCUT2D eigenvalue weighted by atomic mass is 32.2. The highest BCUT2D eigenvalue weighted by Crippen LogP contribution is 2.30. The van der Waals surface area contributed by atoms with Crippen LogP contribution in [0.1, 0.15) is 24.8 Å². The van der Waals surface area contributed by atoms with E-state index in [1.54, 1.807) is 19.1 Å². The Morgan fingerprint density at radius 2 is 2.00 bits per heavy atom. The molecule has 5 N–H and O–H groups in total. The van der Waals surface area contributed by atoms with Crippen molar-refractivity contribution in [3.05, 3.63) is 23.8 Å². The van der Waals surface area contributed by atoms with Crippen molar-refractivity contribution in [2.45, 2.75) is 36.6 Å². The second-order valence-corrected chi connectivity index (χ2v) is 6.52. The smallest absolute Gasteiger partial charge is 0.244 e. The minimum atomic E-state index is -3.80. The van der Waals surface area contributed by atoms with Crippen LogP contribution in [-0.4, -0.2) is 19.9 Å². The molecule has 1 aromatic carbocycles. The summed E-state index contributed by atoms with van der Waals surface area (Å²) in [5.74, 6) is -0.289. The number of nitrogens with one attached hydrogen (secondary N) is 1. The van der Waals surface area contributed by atoms with Gasteiger partial charge in [-0.15, -0.1) is 0 Å². The fraction of sp³-hybridized carbons (Fsp3) is 0.417. The number of rotatable bonds is 3. The largest absolute Gasteiger partial charge is 0.324 e. The van der Waals surface area contributed by atoms with Gasteiger partial charge >= 0.3 is 0 Å². The molecule has 6 nitrogen and oxygen atoms in total. The van der Waals surface area contributed by atoms with Crippen LogP contribution >= 0.6 is 0 Å². The van der Waals surface area contributed by atoms with Crippen molar-refractivity contribution >= 4 is 21.6 Å². The van der Waals surface area contributed by atoms with Gasteiger partial charge in [0.2, 0.25) is 15.9 Å². The second kappa shape index (κ2) is 4.59. The minimum absolute atomic E-state index is 0.00461. The van der Waals surface area contributed by atoms with Gasteiger partial charge in [-0.05, 0) is 43.9 Å². The van der Waals surface area contributed by atoms with Gasteiger partial charge in [0, 0.05) is 5.69 Å². The molecule has 0 bridgehead atoms. The minimum Gasteiger partial charge on any atom is -0.324 e. The van der Waals surface area contributed by atoms with Gasteiger partial charge in [-0.3, -0.25) is 4.79 Å². The van der Waals surface area contributed by atoms with E-state index in [1.807, 2.05) is 0 Å². The molecule has 1 saturated carbocycles. The molecule has 0 unspecified atom stereocenters. The lowest BCUT2D eigenvalue weighted by atomic mass is 9.77. The maximum atomic E-state index is 11.9. The number of carbonyl (C=O) groups is 1. The van der Waals surface area contributed by atoms with Crippen molar-refractivity contribution < 1.29 is 13.2 Å². The normalized spacial score (nSPS) is 17.6. The molecule has 0 aliphatic heterocycles. The lowest BCUT2D eigenvalue weighted by Crippen LogP contribution is -2.56. The van der Waals surface area contributed by atoms with Crippen LogP contribution in [-0.2, 0) is 14.8 Å². The number of hydrogen-bond donors (Lipinski definition) is 3. The molecule has 7 heteroatoms. The maximum absolute atomic E-state index is 11.9. The van der Waals surface area contributed by atoms with Crippen molar-refractivity contribution in [3.63, 3.8) is 0 Å². The van der Waals surface area contributed by atoms with E-state index in [0.29, 0.717) is 24.1 Å². The Bertz CT molecular complexity index is 621. The van der Waals surface area contributed by atoms with Crippen molar-refractivity contribution in [1.82, 2.24) is 0 Å². The Morgan fingerprint density at radius 3 is 2.47 bits per heavy atom. The maximum Gasteiger partial charge on any atom is 0.244 e. The summed E-state index contributed by atoms with van der Waals surface area (Å²) in [7, 11) is -3.80. The number of aryl methyl sites for hydroxylation is 1. The number of nitrogens with two attached hydrogens (primary N) is 2. The number of benzene rings is 1. The van der Waals surface area contributed by atoms with Gasteiger partial charge in [0.1, 0.15) is 0 Å². The zero-order valence-corrected chi connectivity index (χ0v) is 11.5. The monoisotopic (exact) mass is 283 g/mol. The molecule has 1 aliphatic carbocycles. The molecule has 1 amide bonds. The van der Waals surface area contributed by atoms with Crippen LogP contribution in [0.3, 0.4) is 0 Å². The van der Waals surface area contributed by atoms with Crippen LogP contribution in [0.4, 0.5) is 5.69 Å². The van der Waals surface area contributed by atoms with Crippen molar-refractivity contribution in [1.29, 1.82) is 0 Å². The van der Waals surface area contributed by atoms with Crippen molar-refractivity contribution in [2.75, 3.05) is 5.32 Å². The quantitative estimate of drug-likeness (QED) is 0.747. The number of anilines is 1. The summed E-state index contributed by atoms with van der Waals surface area (Å²) in [5, 5.41) is 7.76. The average molecular weight is 283 g/mol. The van der Waals surface area contributed by atoms with Gasteiger partial charge in [-0.25, -0.2) is 13.6 Å². The van der Waals surface area contributed by atoms with Crippen LogP contribution in [0, 0.1) is 6.92 Å². The third-order valence-corrected chi connectivity index (χ3v) is 4.50. The Morgan fingerprint density at radius 1 is 1.37 bits per heavy atom. The predicted octanol–water partition coefficient (Wildman–Crippen LogP) is 0.462. The van der Waals surface area contributed by atoms with Gasteiger partial charge in [-0.1, -0.05) is 6.07 Å². The lowest BCUT2D eigenvalue weighted by Gasteiger charge is -2.36. The predicted molar refractivity (Wildman–Crippen MR) is 72.0 cm³/mol. The molecule has 2 rings (SSSR count). The summed E-state index contributed by atoms with van der Waals surface area (Å²) in [5.41, 5.74) is 5.99.